The Balaban J connectivity index is 2.17. The molecular weight excluding hydrogens is 218 g/mol. The first kappa shape index (κ1) is 10.3. The number of thiazole rings is 1. The van der Waals surface area contributed by atoms with Gasteiger partial charge in [-0.2, -0.15) is 0 Å². The van der Waals surface area contributed by atoms with E-state index < -0.39 is 6.29 Å². The van der Waals surface area contributed by atoms with Crippen LogP contribution in [0, 0.1) is 0 Å². The third-order valence-corrected chi connectivity index (χ3v) is 2.50. The van der Waals surface area contributed by atoms with Gasteiger partial charge in [0.25, 0.3) is 0 Å². The predicted molar refractivity (Wildman–Crippen MR) is 55.5 cm³/mol. The van der Waals surface area contributed by atoms with Gasteiger partial charge in [0.2, 0.25) is 6.29 Å². The zero-order valence-electron chi connectivity index (χ0n) is 8.34. The lowest BCUT2D eigenvalue weighted by Gasteiger charge is -2.33. The van der Waals surface area contributed by atoms with Crippen LogP contribution in [0.2, 0.25) is 0 Å². The number of nitrogens with two attached hydrogens (primary N) is 1. The predicted octanol–water partition coefficient (Wildman–Crippen LogP) is 0.795. The first-order valence-corrected chi connectivity index (χ1v) is 5.22. The van der Waals surface area contributed by atoms with Crippen LogP contribution < -0.4 is 5.73 Å². The molecule has 6 nitrogen and oxygen atoms in total. The van der Waals surface area contributed by atoms with Gasteiger partial charge in [-0.3, -0.25) is 0 Å². The number of ether oxygens (including phenoxy) is 2. The molecule has 0 unspecified atom stereocenters. The molecule has 2 heterocycles. The van der Waals surface area contributed by atoms with Crippen molar-refractivity contribution in [2.24, 2.45) is 5.16 Å². The largest absolute Gasteiger partial charge is 0.399 e. The molecule has 0 aromatic carbocycles. The highest BCUT2D eigenvalue weighted by molar-refractivity contribution is 7.13. The SMILES string of the molecule is CO/N=C(/c1csc(N)n1)C1OC(C)O1. The van der Waals surface area contributed by atoms with Crippen LogP contribution in [0.1, 0.15) is 12.6 Å². The van der Waals surface area contributed by atoms with Crippen LogP contribution in [0.15, 0.2) is 10.5 Å². The number of aromatic nitrogens is 1. The van der Waals surface area contributed by atoms with E-state index in [0.717, 1.165) is 0 Å². The van der Waals surface area contributed by atoms with E-state index in [1.54, 1.807) is 12.3 Å². The summed E-state index contributed by atoms with van der Waals surface area (Å²) in [4.78, 5) is 8.79. The molecule has 0 aliphatic carbocycles. The Bertz CT molecular complexity index is 373. The van der Waals surface area contributed by atoms with Gasteiger partial charge in [-0.05, 0) is 6.92 Å². The topological polar surface area (TPSA) is 79.0 Å². The Kier molecular flexibility index (Phi) is 2.85. The highest BCUT2D eigenvalue weighted by Crippen LogP contribution is 2.22. The molecule has 2 N–H and O–H groups in total. The molecule has 0 amide bonds. The van der Waals surface area contributed by atoms with E-state index in [-0.39, 0.29) is 6.29 Å². The van der Waals surface area contributed by atoms with Gasteiger partial charge in [-0.25, -0.2) is 4.98 Å². The lowest BCUT2D eigenvalue weighted by molar-refractivity contribution is -0.345. The summed E-state index contributed by atoms with van der Waals surface area (Å²) in [5.74, 6) is 0. The summed E-state index contributed by atoms with van der Waals surface area (Å²) in [5.41, 5.74) is 6.65. The summed E-state index contributed by atoms with van der Waals surface area (Å²) in [6.45, 7) is 1.80. The fraction of sp³-hybridized carbons (Fsp3) is 0.500. The zero-order chi connectivity index (χ0) is 10.8. The van der Waals surface area contributed by atoms with Gasteiger partial charge in [-0.1, -0.05) is 5.16 Å². The van der Waals surface area contributed by atoms with E-state index in [2.05, 4.69) is 10.1 Å². The average Bonchev–Trinajstić information content (AvgIpc) is 2.57. The molecule has 2 rings (SSSR count). The van der Waals surface area contributed by atoms with E-state index in [1.165, 1.54) is 18.4 Å². The van der Waals surface area contributed by atoms with Crippen molar-refractivity contribution in [3.63, 3.8) is 0 Å². The van der Waals surface area contributed by atoms with E-state index in [4.69, 9.17) is 20.0 Å². The first-order chi connectivity index (χ1) is 7.20. The second-order valence-electron chi connectivity index (χ2n) is 2.90. The van der Waals surface area contributed by atoms with Crippen molar-refractivity contribution in [1.29, 1.82) is 0 Å². The number of rotatable bonds is 3. The second-order valence-corrected chi connectivity index (χ2v) is 3.79. The Labute approximate surface area is 90.6 Å². The fourth-order valence-corrected chi connectivity index (χ4v) is 1.76. The van der Waals surface area contributed by atoms with Crippen molar-refractivity contribution in [3.05, 3.63) is 11.1 Å². The second kappa shape index (κ2) is 4.13. The molecule has 1 aromatic heterocycles. The minimum Gasteiger partial charge on any atom is -0.399 e. The molecular formula is C8H11N3O3S. The van der Waals surface area contributed by atoms with Crippen LogP contribution in [0.3, 0.4) is 0 Å². The van der Waals surface area contributed by atoms with Crippen LogP contribution in [0.5, 0.6) is 0 Å². The van der Waals surface area contributed by atoms with E-state index in [0.29, 0.717) is 16.5 Å². The Morgan fingerprint density at radius 3 is 2.87 bits per heavy atom. The van der Waals surface area contributed by atoms with Crippen molar-refractivity contribution in [3.8, 4) is 0 Å². The summed E-state index contributed by atoms with van der Waals surface area (Å²) < 4.78 is 10.6. The van der Waals surface area contributed by atoms with Crippen molar-refractivity contribution in [2.75, 3.05) is 12.8 Å². The smallest absolute Gasteiger partial charge is 0.211 e. The van der Waals surface area contributed by atoms with Crippen LogP contribution in [0.25, 0.3) is 0 Å². The van der Waals surface area contributed by atoms with Gasteiger partial charge in [0.1, 0.15) is 12.8 Å². The summed E-state index contributed by atoms with van der Waals surface area (Å²) >= 11 is 1.33. The lowest BCUT2D eigenvalue weighted by Crippen LogP contribution is -2.45. The molecule has 1 aliphatic rings. The summed E-state index contributed by atoms with van der Waals surface area (Å²) in [5, 5.41) is 6.07. The van der Waals surface area contributed by atoms with Crippen LogP contribution in [-0.4, -0.2) is 30.4 Å². The standard InChI is InChI=1S/C8H11N3O3S/c1-4-13-7(14-4)6(11-12-2)5-3-15-8(9)10-5/h3-4,7H,1-2H3,(H2,9,10)/b11-6-. The molecule has 82 valence electrons. The highest BCUT2D eigenvalue weighted by atomic mass is 32.1. The number of nitrogen functional groups attached to an aromatic ring is 1. The number of anilines is 1. The quantitative estimate of drug-likeness (QED) is 0.612. The maximum absolute atomic E-state index is 5.53. The van der Waals surface area contributed by atoms with Gasteiger partial charge in [0, 0.05) is 5.38 Å². The molecule has 1 saturated heterocycles. The van der Waals surface area contributed by atoms with E-state index in [9.17, 15) is 0 Å². The van der Waals surface area contributed by atoms with E-state index >= 15 is 0 Å². The molecule has 1 fully saturated rings. The molecule has 0 radical (unpaired) electrons. The van der Waals surface area contributed by atoms with Crippen molar-refractivity contribution >= 4 is 22.2 Å². The third kappa shape index (κ3) is 2.09. The molecule has 1 aliphatic heterocycles. The van der Waals surface area contributed by atoms with Gasteiger partial charge < -0.3 is 20.0 Å². The number of hydrogen-bond acceptors (Lipinski definition) is 7. The molecule has 0 spiro atoms. The Morgan fingerprint density at radius 1 is 1.67 bits per heavy atom. The maximum Gasteiger partial charge on any atom is 0.211 e. The fourth-order valence-electron chi connectivity index (χ4n) is 1.20. The van der Waals surface area contributed by atoms with Crippen molar-refractivity contribution < 1.29 is 14.3 Å². The van der Waals surface area contributed by atoms with Gasteiger partial charge in [-0.15, -0.1) is 11.3 Å². The molecule has 0 atom stereocenters. The van der Waals surface area contributed by atoms with E-state index in [1.807, 2.05) is 0 Å². The molecule has 15 heavy (non-hydrogen) atoms. The molecule has 7 heteroatoms. The van der Waals surface area contributed by atoms with Crippen LogP contribution >= 0.6 is 11.3 Å². The zero-order valence-corrected chi connectivity index (χ0v) is 9.15. The molecule has 0 saturated carbocycles. The Morgan fingerprint density at radius 2 is 2.40 bits per heavy atom. The minimum absolute atomic E-state index is 0.215. The average molecular weight is 229 g/mol. The number of nitrogens with zero attached hydrogens (tertiary/aromatic N) is 2. The Hall–Kier alpha value is -1.18. The summed E-state index contributed by atoms with van der Waals surface area (Å²) in [6, 6.07) is 0. The van der Waals surface area contributed by atoms with Gasteiger partial charge in [0.15, 0.2) is 17.1 Å². The van der Waals surface area contributed by atoms with Gasteiger partial charge >= 0.3 is 0 Å². The normalized spacial score (nSPS) is 26.1. The molecule has 0 bridgehead atoms. The van der Waals surface area contributed by atoms with Gasteiger partial charge in [0.05, 0.1) is 0 Å². The van der Waals surface area contributed by atoms with Crippen molar-refractivity contribution in [1.82, 2.24) is 4.98 Å². The van der Waals surface area contributed by atoms with Crippen LogP contribution in [-0.2, 0) is 14.3 Å². The number of hydrogen-bond donors (Lipinski definition) is 1. The highest BCUT2D eigenvalue weighted by Gasteiger charge is 2.34. The van der Waals surface area contributed by atoms with Crippen LogP contribution in [0.4, 0.5) is 5.13 Å². The third-order valence-electron chi connectivity index (χ3n) is 1.83. The minimum atomic E-state index is -0.513. The first-order valence-electron chi connectivity index (χ1n) is 4.34. The van der Waals surface area contributed by atoms with Crippen molar-refractivity contribution in [2.45, 2.75) is 19.5 Å². The summed E-state index contributed by atoms with van der Waals surface area (Å²) in [7, 11) is 1.46. The summed E-state index contributed by atoms with van der Waals surface area (Å²) in [6.07, 6.45) is -0.727. The maximum atomic E-state index is 5.53. The monoisotopic (exact) mass is 229 g/mol. The molecule has 1 aromatic rings. The lowest BCUT2D eigenvalue weighted by atomic mass is 10.2. The number of oxime groups is 1.